The van der Waals surface area contributed by atoms with Crippen LogP contribution in [-0.2, 0) is 45.4 Å². The van der Waals surface area contributed by atoms with Crippen molar-refractivity contribution in [2.24, 2.45) is 0 Å². The Balaban J connectivity index is 1.36. The molecule has 1 fully saturated rings. The molecule has 1 aliphatic rings. The van der Waals surface area contributed by atoms with Crippen LogP contribution in [0.15, 0.2) is 121 Å². The number of thiocarbonyl (C=S) groups is 1. The zero-order valence-corrected chi connectivity index (χ0v) is 23.2. The van der Waals surface area contributed by atoms with Crippen LogP contribution in [0.3, 0.4) is 0 Å². The van der Waals surface area contributed by atoms with Gasteiger partial charge in [0, 0.05) is 0 Å². The van der Waals surface area contributed by atoms with E-state index in [-0.39, 0.29) is 12.1 Å². The summed E-state index contributed by atoms with van der Waals surface area (Å²) in [6, 6.07) is 40.3. The highest BCUT2D eigenvalue weighted by molar-refractivity contribution is 7.80. The van der Waals surface area contributed by atoms with Gasteiger partial charge in [-0.25, -0.2) is 0 Å². The maximum Gasteiger partial charge on any atom is 0.137 e. The number of nitrogens with one attached hydrogen (secondary N) is 1. The molecule has 4 atom stereocenters. The Hall–Kier alpha value is -3.39. The van der Waals surface area contributed by atoms with E-state index >= 15 is 0 Å². The van der Waals surface area contributed by atoms with E-state index < -0.39 is 12.2 Å². The van der Waals surface area contributed by atoms with E-state index in [1.807, 2.05) is 84.9 Å². The first-order chi connectivity index (χ1) is 19.8. The fourth-order valence-corrected chi connectivity index (χ4v) is 5.12. The summed E-state index contributed by atoms with van der Waals surface area (Å²) in [5.74, 6) is 0. The fourth-order valence-electron chi connectivity index (χ4n) is 4.77. The second-order valence-electron chi connectivity index (χ2n) is 9.86. The van der Waals surface area contributed by atoms with Crippen LogP contribution in [-0.4, -0.2) is 35.9 Å². The van der Waals surface area contributed by atoms with Gasteiger partial charge in [-0.3, -0.25) is 0 Å². The Kier molecular flexibility index (Phi) is 10.4. The molecule has 0 aromatic heterocycles. The van der Waals surface area contributed by atoms with E-state index in [1.54, 1.807) is 0 Å². The molecule has 206 valence electrons. The Morgan fingerprint density at radius 3 is 1.38 bits per heavy atom. The molecule has 1 heterocycles. The predicted molar refractivity (Wildman–Crippen MR) is 161 cm³/mol. The molecule has 6 heteroatoms. The highest BCUT2D eigenvalue weighted by Crippen LogP contribution is 2.26. The van der Waals surface area contributed by atoms with Gasteiger partial charge in [0.2, 0.25) is 0 Å². The summed E-state index contributed by atoms with van der Waals surface area (Å²) >= 11 is 5.87. The van der Waals surface area contributed by atoms with Crippen molar-refractivity contribution in [3.63, 3.8) is 0 Å². The quantitative estimate of drug-likeness (QED) is 0.197. The first-order valence-corrected chi connectivity index (χ1v) is 14.1. The monoisotopic (exact) mass is 553 g/mol. The minimum atomic E-state index is -0.481. The van der Waals surface area contributed by atoms with Crippen LogP contribution in [0.4, 0.5) is 0 Å². The van der Waals surface area contributed by atoms with Crippen molar-refractivity contribution in [1.29, 1.82) is 0 Å². The minimum Gasteiger partial charge on any atom is -0.375 e. The smallest absolute Gasteiger partial charge is 0.137 e. The lowest BCUT2D eigenvalue weighted by molar-refractivity contribution is -0.156. The maximum absolute atomic E-state index is 6.61. The Bertz CT molecular complexity index is 1290. The average Bonchev–Trinajstić information content (AvgIpc) is 3.01. The van der Waals surface area contributed by atoms with Crippen LogP contribution in [0, 0.1) is 0 Å². The summed E-state index contributed by atoms with van der Waals surface area (Å²) in [6.45, 7) is 2.18. The molecular weight excluding hydrogens is 518 g/mol. The molecule has 1 aliphatic heterocycles. The molecule has 0 spiro atoms. The van der Waals surface area contributed by atoms with Crippen LogP contribution in [0.5, 0.6) is 0 Å². The zero-order valence-electron chi connectivity index (χ0n) is 22.4. The van der Waals surface area contributed by atoms with E-state index in [0.29, 0.717) is 38.0 Å². The third kappa shape index (κ3) is 8.07. The lowest BCUT2D eigenvalue weighted by Gasteiger charge is -2.43. The fraction of sp³-hybridized carbons (Fsp3) is 0.265. The largest absolute Gasteiger partial charge is 0.375 e. The molecule has 5 nitrogen and oxygen atoms in total. The van der Waals surface area contributed by atoms with Crippen molar-refractivity contribution in [2.75, 3.05) is 6.61 Å². The number of benzene rings is 4. The van der Waals surface area contributed by atoms with Crippen molar-refractivity contribution in [3.05, 3.63) is 144 Å². The predicted octanol–water partition coefficient (Wildman–Crippen LogP) is 6.26. The van der Waals surface area contributed by atoms with Gasteiger partial charge in [0.1, 0.15) is 23.3 Å². The van der Waals surface area contributed by atoms with Crippen LogP contribution in [0.25, 0.3) is 0 Å². The Labute approximate surface area is 242 Å². The van der Waals surface area contributed by atoms with E-state index in [4.69, 9.17) is 31.2 Å². The molecule has 0 amide bonds. The molecule has 0 unspecified atom stereocenters. The molecular formula is C34H35NO4S. The number of piperidine rings is 1. The summed E-state index contributed by atoms with van der Waals surface area (Å²) in [6.07, 6.45) is -1.29. The molecule has 4 aromatic rings. The van der Waals surface area contributed by atoms with Crippen LogP contribution < -0.4 is 5.32 Å². The van der Waals surface area contributed by atoms with E-state index in [9.17, 15) is 0 Å². The Morgan fingerprint density at radius 2 is 0.900 bits per heavy atom. The normalized spacial score (nSPS) is 20.6. The summed E-state index contributed by atoms with van der Waals surface area (Å²) in [5, 5.41) is 3.48. The molecule has 5 rings (SSSR count). The van der Waals surface area contributed by atoms with Crippen LogP contribution in [0.1, 0.15) is 22.3 Å². The topological polar surface area (TPSA) is 49.0 Å². The van der Waals surface area contributed by atoms with E-state index in [0.717, 1.165) is 22.3 Å². The highest BCUT2D eigenvalue weighted by atomic mass is 32.1. The van der Waals surface area contributed by atoms with Gasteiger partial charge >= 0.3 is 0 Å². The lowest BCUT2D eigenvalue weighted by atomic mass is 9.95. The summed E-state index contributed by atoms with van der Waals surface area (Å²) in [4.78, 5) is 0.599. The molecule has 0 radical (unpaired) electrons. The maximum atomic E-state index is 6.61. The van der Waals surface area contributed by atoms with Crippen molar-refractivity contribution in [3.8, 4) is 0 Å². The van der Waals surface area contributed by atoms with E-state index in [2.05, 4.69) is 41.7 Å². The van der Waals surface area contributed by atoms with Gasteiger partial charge < -0.3 is 24.3 Å². The Morgan fingerprint density at radius 1 is 0.500 bits per heavy atom. The average molecular weight is 554 g/mol. The van der Waals surface area contributed by atoms with Crippen molar-refractivity contribution in [1.82, 2.24) is 5.32 Å². The molecule has 0 aliphatic carbocycles. The molecule has 4 aromatic carbocycles. The second-order valence-corrected chi connectivity index (χ2v) is 10.3. The third-order valence-corrected chi connectivity index (χ3v) is 7.21. The first-order valence-electron chi connectivity index (χ1n) is 13.6. The van der Waals surface area contributed by atoms with Gasteiger partial charge in [-0.2, -0.15) is 0 Å². The van der Waals surface area contributed by atoms with Crippen molar-refractivity contribution >= 4 is 17.2 Å². The molecule has 0 saturated carbocycles. The van der Waals surface area contributed by atoms with Crippen molar-refractivity contribution in [2.45, 2.75) is 50.8 Å². The van der Waals surface area contributed by atoms with Gasteiger partial charge in [-0.1, -0.05) is 134 Å². The van der Waals surface area contributed by atoms with Crippen LogP contribution in [0.2, 0.25) is 0 Å². The van der Waals surface area contributed by atoms with Gasteiger partial charge in [0.25, 0.3) is 0 Å². The summed E-state index contributed by atoms with van der Waals surface area (Å²) in [7, 11) is 0. The van der Waals surface area contributed by atoms with Gasteiger partial charge in [-0.05, 0) is 22.3 Å². The molecule has 0 bridgehead atoms. The van der Waals surface area contributed by atoms with Gasteiger partial charge in [0.15, 0.2) is 0 Å². The number of ether oxygens (including phenoxy) is 4. The minimum absolute atomic E-state index is 0.211. The summed E-state index contributed by atoms with van der Waals surface area (Å²) in [5.41, 5.74) is 4.35. The summed E-state index contributed by atoms with van der Waals surface area (Å²) < 4.78 is 25.8. The highest BCUT2D eigenvalue weighted by Gasteiger charge is 2.45. The molecule has 40 heavy (non-hydrogen) atoms. The van der Waals surface area contributed by atoms with Crippen molar-refractivity contribution < 1.29 is 18.9 Å². The van der Waals surface area contributed by atoms with Gasteiger partial charge in [0.05, 0.1) is 39.1 Å². The third-order valence-electron chi connectivity index (χ3n) is 6.86. The number of hydrogen-bond acceptors (Lipinski definition) is 5. The van der Waals surface area contributed by atoms with E-state index in [1.165, 1.54) is 0 Å². The molecule has 1 N–H and O–H groups in total. The van der Waals surface area contributed by atoms with Crippen LogP contribution >= 0.6 is 12.2 Å². The van der Waals surface area contributed by atoms with Gasteiger partial charge in [-0.15, -0.1) is 0 Å². The SMILES string of the molecule is S=C1N[C@@H](COCc2ccccc2)[C@H](OCc2ccccc2)[C@H](OCc2ccccc2)[C@@H]1OCc1ccccc1. The molecule has 1 saturated heterocycles. The second kappa shape index (κ2) is 14.8. The number of hydrogen-bond donors (Lipinski definition) is 1. The number of rotatable bonds is 13. The zero-order chi connectivity index (χ0) is 27.4. The standard InChI is InChI=1S/C34H35NO4S/c40-34-33(39-24-29-19-11-4-12-20-29)32(38-23-28-17-9-3-10-18-28)31(37-22-27-15-7-2-8-16-27)30(35-34)25-36-21-26-13-5-1-6-14-26/h1-20,30-33H,21-25H2,(H,35,40)/t30-,31-,32-,33-/m0/s1. The lowest BCUT2D eigenvalue weighted by Crippen LogP contribution is -2.65. The first kappa shape index (κ1) is 28.1.